The molecule has 5 aromatic rings. The lowest BCUT2D eigenvalue weighted by Gasteiger charge is -2.21. The minimum absolute atomic E-state index is 0.0127. The van der Waals surface area contributed by atoms with E-state index in [0.717, 1.165) is 0 Å². The summed E-state index contributed by atoms with van der Waals surface area (Å²) in [5.41, 5.74) is 13.8. The molecule has 0 spiro atoms. The average molecular weight is 400 g/mol. The van der Waals surface area contributed by atoms with Gasteiger partial charge in [0.25, 0.3) is 0 Å². The standard InChI is InChI=1S/C30H25N/c1-29(2)19-11-7-5-9-17(19)25-21(29)13-15-23-27(25)28-24(31-23)16-14-22-26(28)18-10-6-8-12-20(18)30(22,3)4/h5-16,31H,1-4H3. The second kappa shape index (κ2) is 5.29. The molecule has 1 heteroatoms. The first-order valence-electron chi connectivity index (χ1n) is 11.2. The maximum atomic E-state index is 3.75. The predicted molar refractivity (Wildman–Crippen MR) is 131 cm³/mol. The summed E-state index contributed by atoms with van der Waals surface area (Å²) in [5.74, 6) is 0. The monoisotopic (exact) mass is 399 g/mol. The van der Waals surface area contributed by atoms with Gasteiger partial charge in [-0.1, -0.05) is 88.4 Å². The minimum atomic E-state index is 0.0127. The van der Waals surface area contributed by atoms with Gasteiger partial charge in [0, 0.05) is 32.6 Å². The highest BCUT2D eigenvalue weighted by Crippen LogP contribution is 2.56. The molecule has 0 fully saturated rings. The zero-order valence-electron chi connectivity index (χ0n) is 18.4. The maximum absolute atomic E-state index is 3.75. The van der Waals surface area contributed by atoms with Crippen molar-refractivity contribution in [2.45, 2.75) is 38.5 Å². The molecular formula is C30H25N. The normalized spacial score (nSPS) is 16.9. The van der Waals surface area contributed by atoms with Crippen molar-refractivity contribution in [3.05, 3.63) is 95.1 Å². The zero-order chi connectivity index (χ0) is 21.1. The number of aromatic nitrogens is 1. The summed E-state index contributed by atoms with van der Waals surface area (Å²) < 4.78 is 0. The second-order valence-corrected chi connectivity index (χ2v) is 10.3. The first-order chi connectivity index (χ1) is 14.9. The van der Waals surface area contributed by atoms with E-state index in [-0.39, 0.29) is 10.8 Å². The largest absolute Gasteiger partial charge is 0.354 e. The highest BCUT2D eigenvalue weighted by atomic mass is 14.7. The molecule has 0 bridgehead atoms. The molecule has 0 unspecified atom stereocenters. The van der Waals surface area contributed by atoms with Crippen molar-refractivity contribution in [2.24, 2.45) is 0 Å². The summed E-state index contributed by atoms with van der Waals surface area (Å²) in [6, 6.07) is 27.2. The fourth-order valence-corrected chi connectivity index (χ4v) is 6.46. The molecule has 0 aliphatic heterocycles. The van der Waals surface area contributed by atoms with Crippen molar-refractivity contribution in [3.8, 4) is 22.3 Å². The molecule has 0 saturated heterocycles. The Morgan fingerprint density at radius 2 is 0.903 bits per heavy atom. The molecule has 0 amide bonds. The van der Waals surface area contributed by atoms with E-state index in [4.69, 9.17) is 0 Å². The van der Waals surface area contributed by atoms with Crippen molar-refractivity contribution < 1.29 is 0 Å². The first kappa shape index (κ1) is 17.4. The molecule has 0 radical (unpaired) electrons. The van der Waals surface area contributed by atoms with E-state index in [1.54, 1.807) is 0 Å². The molecule has 1 aromatic heterocycles. The molecule has 0 atom stereocenters. The molecule has 2 aliphatic carbocycles. The number of benzene rings is 4. The Morgan fingerprint density at radius 3 is 1.35 bits per heavy atom. The number of aromatic amines is 1. The van der Waals surface area contributed by atoms with Gasteiger partial charge in [0.1, 0.15) is 0 Å². The van der Waals surface area contributed by atoms with Crippen LogP contribution in [0.1, 0.15) is 49.9 Å². The zero-order valence-corrected chi connectivity index (χ0v) is 18.4. The van der Waals surface area contributed by atoms with Crippen molar-refractivity contribution in [1.29, 1.82) is 0 Å². The highest BCUT2D eigenvalue weighted by molar-refractivity contribution is 6.22. The lowest BCUT2D eigenvalue weighted by Crippen LogP contribution is -2.14. The van der Waals surface area contributed by atoms with Crippen LogP contribution in [0.25, 0.3) is 44.1 Å². The fraction of sp³-hybridized carbons (Fsp3) is 0.200. The number of nitrogens with one attached hydrogen (secondary N) is 1. The van der Waals surface area contributed by atoms with Crippen LogP contribution in [0.2, 0.25) is 0 Å². The van der Waals surface area contributed by atoms with E-state index < -0.39 is 0 Å². The molecule has 7 rings (SSSR count). The average Bonchev–Trinajstić information content (AvgIpc) is 3.34. The van der Waals surface area contributed by atoms with Crippen LogP contribution in [-0.4, -0.2) is 4.98 Å². The topological polar surface area (TPSA) is 15.8 Å². The summed E-state index contributed by atoms with van der Waals surface area (Å²) >= 11 is 0. The van der Waals surface area contributed by atoms with Crippen LogP contribution in [-0.2, 0) is 10.8 Å². The molecule has 0 saturated carbocycles. The van der Waals surface area contributed by atoms with Gasteiger partial charge in [0.05, 0.1) is 0 Å². The SMILES string of the molecule is CC1(C)c2ccccc2-c2c1ccc1[nH]c3ccc4c(c3c21)-c1ccccc1C4(C)C. The van der Waals surface area contributed by atoms with E-state index in [2.05, 4.69) is 105 Å². The van der Waals surface area contributed by atoms with Crippen LogP contribution >= 0.6 is 0 Å². The molecule has 31 heavy (non-hydrogen) atoms. The van der Waals surface area contributed by atoms with Gasteiger partial charge in [0.15, 0.2) is 0 Å². The van der Waals surface area contributed by atoms with Crippen LogP contribution in [0.15, 0.2) is 72.8 Å². The van der Waals surface area contributed by atoms with Gasteiger partial charge >= 0.3 is 0 Å². The van der Waals surface area contributed by atoms with Crippen molar-refractivity contribution in [1.82, 2.24) is 4.98 Å². The minimum Gasteiger partial charge on any atom is -0.354 e. The van der Waals surface area contributed by atoms with Gasteiger partial charge in [0.2, 0.25) is 0 Å². The molecule has 150 valence electrons. The quantitative estimate of drug-likeness (QED) is 0.272. The van der Waals surface area contributed by atoms with Gasteiger partial charge < -0.3 is 4.98 Å². The van der Waals surface area contributed by atoms with Crippen LogP contribution in [0.3, 0.4) is 0 Å². The van der Waals surface area contributed by atoms with E-state index in [1.807, 2.05) is 0 Å². The molecule has 1 nitrogen and oxygen atoms in total. The van der Waals surface area contributed by atoms with E-state index in [9.17, 15) is 0 Å². The fourth-order valence-electron chi connectivity index (χ4n) is 6.46. The number of fused-ring (bicyclic) bond motifs is 11. The summed E-state index contributed by atoms with van der Waals surface area (Å²) in [6.07, 6.45) is 0. The van der Waals surface area contributed by atoms with Crippen LogP contribution in [0.4, 0.5) is 0 Å². The smallest absolute Gasteiger partial charge is 0.0471 e. The number of rotatable bonds is 0. The number of H-pyrrole nitrogens is 1. The third kappa shape index (κ3) is 1.89. The second-order valence-electron chi connectivity index (χ2n) is 10.3. The van der Waals surface area contributed by atoms with E-state index >= 15 is 0 Å². The third-order valence-corrected chi connectivity index (χ3v) is 8.02. The van der Waals surface area contributed by atoms with Crippen molar-refractivity contribution in [3.63, 3.8) is 0 Å². The van der Waals surface area contributed by atoms with E-state index in [0.29, 0.717) is 0 Å². The Hall–Kier alpha value is -3.32. The Balaban J connectivity index is 1.73. The number of hydrogen-bond donors (Lipinski definition) is 1. The summed E-state index contributed by atoms with van der Waals surface area (Å²) in [4.78, 5) is 3.75. The summed E-state index contributed by atoms with van der Waals surface area (Å²) in [6.45, 7) is 9.45. The summed E-state index contributed by atoms with van der Waals surface area (Å²) in [5, 5.41) is 2.77. The van der Waals surface area contributed by atoms with Gasteiger partial charge in [-0.2, -0.15) is 0 Å². The lowest BCUT2D eigenvalue weighted by atomic mass is 9.81. The Bertz CT molecular complexity index is 1460. The van der Waals surface area contributed by atoms with Crippen LogP contribution in [0.5, 0.6) is 0 Å². The molecule has 1 heterocycles. The molecular weight excluding hydrogens is 374 g/mol. The van der Waals surface area contributed by atoms with Gasteiger partial charge in [-0.05, 0) is 56.6 Å². The van der Waals surface area contributed by atoms with Crippen LogP contribution < -0.4 is 0 Å². The highest BCUT2D eigenvalue weighted by Gasteiger charge is 2.39. The van der Waals surface area contributed by atoms with Crippen molar-refractivity contribution in [2.75, 3.05) is 0 Å². The number of hydrogen-bond acceptors (Lipinski definition) is 0. The Morgan fingerprint density at radius 1 is 0.484 bits per heavy atom. The van der Waals surface area contributed by atoms with Gasteiger partial charge in [-0.25, -0.2) is 0 Å². The van der Waals surface area contributed by atoms with Gasteiger partial charge in [-0.3, -0.25) is 0 Å². The third-order valence-electron chi connectivity index (χ3n) is 8.02. The molecule has 1 N–H and O–H groups in total. The first-order valence-corrected chi connectivity index (χ1v) is 11.2. The maximum Gasteiger partial charge on any atom is 0.0471 e. The van der Waals surface area contributed by atoms with E-state index in [1.165, 1.54) is 66.3 Å². The Labute approximate surface area is 182 Å². The van der Waals surface area contributed by atoms with Crippen LogP contribution in [0, 0.1) is 0 Å². The van der Waals surface area contributed by atoms with Crippen molar-refractivity contribution >= 4 is 21.8 Å². The molecule has 2 aliphatic rings. The Kier molecular flexibility index (Phi) is 2.96. The van der Waals surface area contributed by atoms with Gasteiger partial charge in [-0.15, -0.1) is 0 Å². The molecule has 4 aromatic carbocycles. The summed E-state index contributed by atoms with van der Waals surface area (Å²) in [7, 11) is 0. The predicted octanol–water partition coefficient (Wildman–Crippen LogP) is 7.93. The lowest BCUT2D eigenvalue weighted by molar-refractivity contribution is 0.660.